The van der Waals surface area contributed by atoms with Crippen molar-refractivity contribution in [1.29, 1.82) is 0 Å². The number of esters is 1. The number of hydrogen-bond donors (Lipinski definition) is 8. The van der Waals surface area contributed by atoms with Gasteiger partial charge in [-0.05, 0) is 68.2 Å². The monoisotopic (exact) mass is 948 g/mol. The van der Waals surface area contributed by atoms with Crippen LogP contribution in [0.3, 0.4) is 0 Å². The number of allylic oxidation sites excluding steroid dienone is 12. The summed E-state index contributed by atoms with van der Waals surface area (Å²) in [7, 11) is 0. The fourth-order valence-corrected chi connectivity index (χ4v) is 8.52. The molecule has 12 atom stereocenters. The van der Waals surface area contributed by atoms with Crippen LogP contribution in [0, 0.1) is 23.7 Å². The number of ether oxygens (including phenoxy) is 2. The molecule has 2 bridgehead atoms. The van der Waals surface area contributed by atoms with Gasteiger partial charge in [-0.2, -0.15) is 0 Å². The molecule has 2 heterocycles. The van der Waals surface area contributed by atoms with Gasteiger partial charge in [0.15, 0.2) is 11.6 Å². The first-order valence-corrected chi connectivity index (χ1v) is 23.6. The third kappa shape index (κ3) is 21.4. The van der Waals surface area contributed by atoms with Gasteiger partial charge in [0.1, 0.15) is 30.0 Å². The number of nitrogens with two attached hydrogens (primary N) is 1. The molecule has 0 radical (unpaired) electrons. The summed E-state index contributed by atoms with van der Waals surface area (Å²) < 4.78 is 11.7. The van der Waals surface area contributed by atoms with E-state index in [1.807, 2.05) is 63.3 Å². The number of fused-ring (bicyclic) bond motifs is 2. The molecule has 68 heavy (non-hydrogen) atoms. The third-order valence-electron chi connectivity index (χ3n) is 12.2. The first-order valence-electron chi connectivity index (χ1n) is 23.6. The lowest BCUT2D eigenvalue weighted by Crippen LogP contribution is -2.56. The van der Waals surface area contributed by atoms with Gasteiger partial charge < -0.3 is 51.0 Å². The zero-order chi connectivity index (χ0) is 50.2. The maximum absolute atomic E-state index is 13.2. The molecule has 1 saturated heterocycles. The second-order valence-electron chi connectivity index (χ2n) is 18.3. The predicted molar refractivity (Wildman–Crippen MR) is 258 cm³/mol. The topological polar surface area (TPSA) is 271 Å². The van der Waals surface area contributed by atoms with E-state index in [0.29, 0.717) is 17.7 Å². The minimum Gasteiger partial charge on any atom is -0.481 e. The largest absolute Gasteiger partial charge is 0.481 e. The van der Waals surface area contributed by atoms with Crippen LogP contribution in [-0.4, -0.2) is 114 Å². The van der Waals surface area contributed by atoms with E-state index in [2.05, 4.69) is 0 Å². The number of nitrogen functional groups attached to an aromatic ring is 1. The SMILES string of the molecule is CC1/C=C/C=C/C=C/C=C/C=C/C=C/C=C/C(O)CC2OC(O)(CC(O)CC(O)CCCC(=O)CCCC(=O)CC(=O)OC1C(C)CC(C)C(O)CC(=O)c1ccc(N)cc1)CC(O)C2C(=O)O. The summed E-state index contributed by atoms with van der Waals surface area (Å²) in [6.45, 7) is 5.62. The molecule has 0 spiro atoms. The molecular formula is C53H73NO14. The van der Waals surface area contributed by atoms with Crippen LogP contribution >= 0.6 is 0 Å². The van der Waals surface area contributed by atoms with Gasteiger partial charge in [-0.1, -0.05) is 106 Å². The van der Waals surface area contributed by atoms with Crippen molar-refractivity contribution in [3.05, 3.63) is 115 Å². The molecule has 1 aromatic carbocycles. The van der Waals surface area contributed by atoms with Crippen molar-refractivity contribution in [2.24, 2.45) is 23.7 Å². The smallest absolute Gasteiger partial charge is 0.313 e. The average Bonchev–Trinajstić information content (AvgIpc) is 3.24. The van der Waals surface area contributed by atoms with Crippen LogP contribution in [0.2, 0.25) is 0 Å². The van der Waals surface area contributed by atoms with Gasteiger partial charge in [0, 0.05) is 62.1 Å². The van der Waals surface area contributed by atoms with Crippen molar-refractivity contribution in [1.82, 2.24) is 0 Å². The van der Waals surface area contributed by atoms with Crippen molar-refractivity contribution in [2.45, 2.75) is 153 Å². The summed E-state index contributed by atoms with van der Waals surface area (Å²) in [4.78, 5) is 63.7. The Hall–Kier alpha value is -5.13. The number of aliphatic hydroxyl groups excluding tert-OH is 5. The molecule has 3 rings (SSSR count). The highest BCUT2D eigenvalue weighted by Crippen LogP contribution is 2.37. The van der Waals surface area contributed by atoms with Crippen LogP contribution in [0.4, 0.5) is 5.69 Å². The van der Waals surface area contributed by atoms with Crippen LogP contribution in [0.5, 0.6) is 0 Å². The Morgan fingerprint density at radius 3 is 1.93 bits per heavy atom. The molecule has 15 heteroatoms. The van der Waals surface area contributed by atoms with Gasteiger partial charge in [0.05, 0.1) is 36.6 Å². The van der Waals surface area contributed by atoms with Gasteiger partial charge in [0.2, 0.25) is 0 Å². The van der Waals surface area contributed by atoms with Crippen LogP contribution in [-0.2, 0) is 28.7 Å². The van der Waals surface area contributed by atoms with Crippen LogP contribution in [0.25, 0.3) is 0 Å². The lowest BCUT2D eigenvalue weighted by molar-refractivity contribution is -0.300. The first kappa shape index (κ1) is 57.2. The lowest BCUT2D eigenvalue weighted by atomic mass is 9.83. The number of Topliss-reactive ketones (excluding diaryl/α,β-unsaturated/α-hetero) is 3. The van der Waals surface area contributed by atoms with Gasteiger partial charge in [-0.15, -0.1) is 0 Å². The van der Waals surface area contributed by atoms with Crippen LogP contribution in [0.15, 0.2) is 109 Å². The van der Waals surface area contributed by atoms with Crippen molar-refractivity contribution in [3.8, 4) is 0 Å². The Labute approximate surface area is 400 Å². The van der Waals surface area contributed by atoms with Crippen molar-refractivity contribution in [2.75, 3.05) is 5.73 Å². The second-order valence-corrected chi connectivity index (χ2v) is 18.3. The number of carbonyl (C=O) groups excluding carboxylic acids is 4. The van der Waals surface area contributed by atoms with E-state index in [9.17, 15) is 59.7 Å². The van der Waals surface area contributed by atoms with Crippen molar-refractivity contribution in [3.63, 3.8) is 0 Å². The number of rotatable bonds is 8. The summed E-state index contributed by atoms with van der Waals surface area (Å²) in [5.41, 5.74) is 6.72. The van der Waals surface area contributed by atoms with E-state index < -0.39 is 85.6 Å². The number of cyclic esters (lactones) is 1. The Morgan fingerprint density at radius 2 is 1.32 bits per heavy atom. The normalized spacial score (nSPS) is 33.0. The summed E-state index contributed by atoms with van der Waals surface area (Å²) in [6, 6.07) is 6.49. The molecule has 0 saturated carbocycles. The first-order chi connectivity index (χ1) is 32.3. The Morgan fingerprint density at radius 1 is 0.765 bits per heavy atom. The van der Waals surface area contributed by atoms with E-state index in [-0.39, 0.29) is 92.9 Å². The molecule has 12 unspecified atom stereocenters. The van der Waals surface area contributed by atoms with E-state index in [1.54, 1.807) is 60.7 Å². The molecule has 374 valence electrons. The van der Waals surface area contributed by atoms with Gasteiger partial charge in [0.25, 0.3) is 0 Å². The number of benzene rings is 1. The number of aliphatic hydroxyl groups is 6. The molecule has 9 N–H and O–H groups in total. The zero-order valence-electron chi connectivity index (χ0n) is 39.5. The molecule has 15 nitrogen and oxygen atoms in total. The summed E-state index contributed by atoms with van der Waals surface area (Å²) in [6.07, 6.45) is 15.5. The maximum Gasteiger partial charge on any atom is 0.313 e. The van der Waals surface area contributed by atoms with E-state index in [1.165, 1.54) is 6.08 Å². The molecular weight excluding hydrogens is 875 g/mol. The summed E-state index contributed by atoms with van der Waals surface area (Å²) in [5.74, 6) is -7.37. The number of ketones is 3. The van der Waals surface area contributed by atoms with E-state index in [0.717, 1.165) is 0 Å². The van der Waals surface area contributed by atoms with Gasteiger partial charge >= 0.3 is 11.9 Å². The number of aliphatic carboxylic acids is 1. The van der Waals surface area contributed by atoms with Crippen molar-refractivity contribution < 1.29 is 69.2 Å². The van der Waals surface area contributed by atoms with Gasteiger partial charge in [-0.3, -0.25) is 24.0 Å². The van der Waals surface area contributed by atoms with Crippen LogP contribution < -0.4 is 5.73 Å². The highest BCUT2D eigenvalue weighted by Gasteiger charge is 2.50. The minimum absolute atomic E-state index is 0.0269. The fraction of sp³-hybridized carbons (Fsp3) is 0.528. The summed E-state index contributed by atoms with van der Waals surface area (Å²) in [5, 5.41) is 74.8. The van der Waals surface area contributed by atoms with Crippen LogP contribution in [0.1, 0.15) is 115 Å². The molecule has 2 aliphatic heterocycles. The van der Waals surface area contributed by atoms with E-state index in [4.69, 9.17) is 15.2 Å². The number of carbonyl (C=O) groups is 5. The molecule has 2 aliphatic rings. The second kappa shape index (κ2) is 29.7. The quantitative estimate of drug-likeness (QED) is 0.0645. The maximum atomic E-state index is 13.2. The predicted octanol–water partition coefficient (Wildman–Crippen LogP) is 5.98. The number of hydrogen-bond acceptors (Lipinski definition) is 14. The molecule has 1 aromatic rings. The fourth-order valence-electron chi connectivity index (χ4n) is 8.52. The molecule has 0 aliphatic carbocycles. The average molecular weight is 948 g/mol. The number of carboxylic acid groups (broad SMARTS) is 1. The third-order valence-corrected chi connectivity index (χ3v) is 12.2. The highest BCUT2D eigenvalue weighted by atomic mass is 16.6. The molecule has 1 fully saturated rings. The number of carboxylic acids is 1. The Bertz CT molecular complexity index is 1980. The lowest BCUT2D eigenvalue weighted by Gasteiger charge is -2.44. The minimum atomic E-state index is -2.15. The standard InChI is InChI=1S/C53H73NO14/c1-35-18-14-12-10-8-6-4-5-7-9-11-13-15-19-42(57)30-48-50(52(64)65)47(62)34-53(66,68-48)33-44(59)29-41(56)22-16-20-40(55)21-17-23-43(58)31-49(63)67-51(35)37(3)28-36(2)45(60)32-46(61)38-24-26-39(54)27-25-38/h4-15,18-19,24-27,35-37,41-42,44-45,47-48,50-51,56-57,59-60,62,66H,16-17,20-23,28-34,54H2,1-3H3,(H,64,65)/b5-4+,8-6+,9-7+,12-10+,13-11+,18-14+,19-15+. The Kier molecular flexibility index (Phi) is 25.0. The number of anilines is 1. The molecule has 0 amide bonds. The van der Waals surface area contributed by atoms with Gasteiger partial charge in [-0.25, -0.2) is 0 Å². The highest BCUT2D eigenvalue weighted by molar-refractivity contribution is 5.97. The zero-order valence-corrected chi connectivity index (χ0v) is 39.5. The molecule has 0 aromatic heterocycles. The van der Waals surface area contributed by atoms with E-state index >= 15 is 0 Å². The van der Waals surface area contributed by atoms with Crippen molar-refractivity contribution >= 4 is 35.0 Å². The Balaban J connectivity index is 1.72. The summed E-state index contributed by atoms with van der Waals surface area (Å²) >= 11 is 0.